The Balaban J connectivity index is 0. The number of allylic oxidation sites excluding steroid dienone is 2. The van der Waals surface area contributed by atoms with E-state index in [1.165, 1.54) is 5.56 Å². The summed E-state index contributed by atoms with van der Waals surface area (Å²) in [6.45, 7) is 5.39. The summed E-state index contributed by atoms with van der Waals surface area (Å²) < 4.78 is 18.3. The van der Waals surface area contributed by atoms with Crippen molar-refractivity contribution in [3.8, 4) is 0 Å². The fraction of sp³-hybridized carbons (Fsp3) is 0.286. The molecule has 0 saturated carbocycles. The van der Waals surface area contributed by atoms with Crippen LogP contribution < -0.4 is 5.32 Å². The van der Waals surface area contributed by atoms with Gasteiger partial charge in [0.2, 0.25) is 0 Å². The van der Waals surface area contributed by atoms with E-state index in [0.717, 1.165) is 6.54 Å². The lowest BCUT2D eigenvalue weighted by molar-refractivity contribution is -0.176. The highest BCUT2D eigenvalue weighted by Gasteiger charge is 1.93. The van der Waals surface area contributed by atoms with Crippen LogP contribution in [0.15, 0.2) is 54.8 Å². The molecule has 1 aromatic rings. The zero-order valence-electron chi connectivity index (χ0n) is 12.4. The predicted molar refractivity (Wildman–Crippen MR) is 92.7 cm³/mol. The molecule has 5 nitrogen and oxygen atoms in total. The van der Waals surface area contributed by atoms with Gasteiger partial charge in [0, 0.05) is 27.9 Å². The van der Waals surface area contributed by atoms with Gasteiger partial charge in [-0.15, -0.1) is 0 Å². The molecule has 2 rings (SSSR count). The molecule has 0 amide bonds. The van der Waals surface area contributed by atoms with E-state index in [1.54, 1.807) is 0 Å². The van der Waals surface area contributed by atoms with E-state index >= 15 is 0 Å². The Labute approximate surface area is 140 Å². The molecule has 0 saturated heterocycles. The number of hydrogen-bond donors (Lipinski definition) is 3. The van der Waals surface area contributed by atoms with E-state index in [-0.39, 0.29) is 0 Å². The number of dihydropyridines is 1. The fourth-order valence-electron chi connectivity index (χ4n) is 1.24. The second-order valence-corrected chi connectivity index (χ2v) is 7.81. The Morgan fingerprint density at radius 1 is 1.09 bits per heavy atom. The Hall–Kier alpha value is -1.05. The van der Waals surface area contributed by atoms with Crippen LogP contribution >= 0.6 is 21.4 Å². The zero-order chi connectivity index (χ0) is 17.4. The minimum Gasteiger partial charge on any atom is -0.387 e. The molecule has 22 heavy (non-hydrogen) atoms. The average Bonchev–Trinajstić information content (AvgIpc) is 2.51. The lowest BCUT2D eigenvalue weighted by Crippen LogP contribution is -2.05. The van der Waals surface area contributed by atoms with Crippen LogP contribution in [0, 0.1) is 0 Å². The Morgan fingerprint density at radius 2 is 1.59 bits per heavy atom. The van der Waals surface area contributed by atoms with Crippen molar-refractivity contribution in [2.45, 2.75) is 19.8 Å². The molecule has 0 aliphatic carbocycles. The second-order valence-electron chi connectivity index (χ2n) is 4.14. The van der Waals surface area contributed by atoms with E-state index < -0.39 is 8.26 Å². The molecule has 0 atom stereocenters. The second kappa shape index (κ2) is 14.9. The molecule has 0 unspecified atom stereocenters. The Morgan fingerprint density at radius 3 is 1.77 bits per heavy atom. The van der Waals surface area contributed by atoms with Gasteiger partial charge < -0.3 is 5.32 Å². The van der Waals surface area contributed by atoms with Crippen LogP contribution in [0.3, 0.4) is 0 Å². The molecule has 1 heterocycles. The normalized spacial score (nSPS) is 11.8. The molecule has 126 valence electrons. The van der Waals surface area contributed by atoms with Crippen LogP contribution in [-0.2, 0) is 8.26 Å². The Bertz CT molecular complexity index is 497. The van der Waals surface area contributed by atoms with Crippen LogP contribution in [0.25, 0.3) is 0 Å². The van der Waals surface area contributed by atoms with Crippen LogP contribution in [0.4, 0.5) is 0 Å². The van der Waals surface area contributed by atoms with Crippen molar-refractivity contribution in [1.29, 1.82) is 0 Å². The maximum absolute atomic E-state index is 9.16. The van der Waals surface area contributed by atoms with Gasteiger partial charge in [-0.3, -0.25) is 10.5 Å². The van der Waals surface area contributed by atoms with Crippen LogP contribution in [-0.4, -0.2) is 25.5 Å². The summed E-state index contributed by atoms with van der Waals surface area (Å²) in [5.74, 6) is 0.659. The quantitative estimate of drug-likeness (QED) is 0.392. The molecule has 0 fully saturated rings. The molecule has 1 aromatic carbocycles. The SMILES string of the molecule is C1=CCNC=C1.CC(C)c1ccccc1.O=S(=O)(Cl)Cl.OO. The molecular weight excluding hydrogens is 349 g/mol. The highest BCUT2D eigenvalue weighted by molar-refractivity contribution is 8.31. The van der Waals surface area contributed by atoms with Gasteiger partial charge in [0.15, 0.2) is 0 Å². The highest BCUT2D eigenvalue weighted by Crippen LogP contribution is 2.11. The van der Waals surface area contributed by atoms with Crippen molar-refractivity contribution in [3.63, 3.8) is 0 Å². The molecular formula is C14H21Cl2NO4S. The third kappa shape index (κ3) is 21.3. The summed E-state index contributed by atoms with van der Waals surface area (Å²) >= 11 is 0. The molecule has 0 spiro atoms. The van der Waals surface area contributed by atoms with E-state index in [9.17, 15) is 0 Å². The van der Waals surface area contributed by atoms with E-state index in [2.05, 4.69) is 70.9 Å². The predicted octanol–water partition coefficient (Wildman–Crippen LogP) is 4.20. The van der Waals surface area contributed by atoms with E-state index in [4.69, 9.17) is 18.9 Å². The molecule has 3 N–H and O–H groups in total. The van der Waals surface area contributed by atoms with Gasteiger partial charge >= 0.3 is 8.26 Å². The van der Waals surface area contributed by atoms with Crippen molar-refractivity contribution >= 4 is 29.6 Å². The highest BCUT2D eigenvalue weighted by atomic mass is 36.0. The van der Waals surface area contributed by atoms with Crippen LogP contribution in [0.1, 0.15) is 25.3 Å². The monoisotopic (exact) mass is 369 g/mol. The summed E-state index contributed by atoms with van der Waals surface area (Å²) in [6, 6.07) is 10.5. The molecule has 0 bridgehead atoms. The van der Waals surface area contributed by atoms with Crippen molar-refractivity contribution in [3.05, 3.63) is 60.3 Å². The van der Waals surface area contributed by atoms with Crippen molar-refractivity contribution < 1.29 is 18.9 Å². The number of hydrogen-bond acceptors (Lipinski definition) is 5. The molecule has 0 aromatic heterocycles. The Kier molecular flexibility index (Phi) is 15.7. The van der Waals surface area contributed by atoms with Gasteiger partial charge in [0.25, 0.3) is 0 Å². The molecule has 8 heteroatoms. The van der Waals surface area contributed by atoms with Crippen molar-refractivity contribution in [2.75, 3.05) is 6.54 Å². The first kappa shape index (κ1) is 23.2. The minimum absolute atomic E-state index is 0.659. The minimum atomic E-state index is -3.72. The smallest absolute Gasteiger partial charge is 0.317 e. The van der Waals surface area contributed by atoms with Gasteiger partial charge in [-0.1, -0.05) is 56.3 Å². The summed E-state index contributed by atoms with van der Waals surface area (Å²) in [7, 11) is 4.81. The summed E-state index contributed by atoms with van der Waals surface area (Å²) in [5, 5.41) is 15.0. The number of nitrogens with one attached hydrogen (secondary N) is 1. The van der Waals surface area contributed by atoms with Crippen LogP contribution in [0.5, 0.6) is 0 Å². The van der Waals surface area contributed by atoms with Crippen LogP contribution in [0.2, 0.25) is 0 Å². The average molecular weight is 370 g/mol. The first-order valence-electron chi connectivity index (χ1n) is 6.25. The maximum Gasteiger partial charge on any atom is 0.317 e. The van der Waals surface area contributed by atoms with Gasteiger partial charge in [-0.25, -0.2) is 0 Å². The van der Waals surface area contributed by atoms with Gasteiger partial charge in [-0.2, -0.15) is 8.42 Å². The van der Waals surface area contributed by atoms with E-state index in [0.29, 0.717) is 5.92 Å². The summed E-state index contributed by atoms with van der Waals surface area (Å²) in [4.78, 5) is 0. The summed E-state index contributed by atoms with van der Waals surface area (Å²) in [5.41, 5.74) is 1.41. The number of halogens is 2. The lowest BCUT2D eigenvalue weighted by atomic mass is 10.0. The third-order valence-corrected chi connectivity index (χ3v) is 2.16. The standard InChI is InChI=1S/C9H12.C5H7N.Cl2O2S.H2O2/c1-8(2)9-6-4-3-5-7-9;1-2-4-6-5-3-1;1-5(2,3)4;1-2/h3-8H,1-2H3;1-4,6H,5H2;;1-2H. The van der Waals surface area contributed by atoms with Crippen molar-refractivity contribution in [2.24, 2.45) is 0 Å². The number of benzene rings is 1. The van der Waals surface area contributed by atoms with Gasteiger partial charge in [0.05, 0.1) is 0 Å². The fourth-order valence-corrected chi connectivity index (χ4v) is 1.24. The maximum atomic E-state index is 9.16. The van der Waals surface area contributed by atoms with Gasteiger partial charge in [-0.05, 0) is 23.8 Å². The first-order valence-corrected chi connectivity index (χ1v) is 9.38. The lowest BCUT2D eigenvalue weighted by Gasteiger charge is -2.01. The molecule has 0 radical (unpaired) electrons. The molecule has 1 aliphatic rings. The van der Waals surface area contributed by atoms with Crippen molar-refractivity contribution in [1.82, 2.24) is 5.32 Å². The first-order chi connectivity index (χ1) is 10.3. The molecule has 1 aliphatic heterocycles. The van der Waals surface area contributed by atoms with Gasteiger partial charge in [0.1, 0.15) is 0 Å². The topological polar surface area (TPSA) is 86.6 Å². The number of rotatable bonds is 1. The third-order valence-electron chi connectivity index (χ3n) is 2.16. The van der Waals surface area contributed by atoms with E-state index in [1.807, 2.05) is 24.4 Å². The summed E-state index contributed by atoms with van der Waals surface area (Å²) in [6.07, 6.45) is 8.00. The largest absolute Gasteiger partial charge is 0.387 e. The zero-order valence-corrected chi connectivity index (χ0v) is 14.7.